The van der Waals surface area contributed by atoms with Crippen molar-refractivity contribution < 1.29 is 19.5 Å². The Bertz CT molecular complexity index is 308. The van der Waals surface area contributed by atoms with Crippen LogP contribution >= 0.6 is 11.8 Å². The van der Waals surface area contributed by atoms with E-state index >= 15 is 0 Å². The molecule has 0 aromatic heterocycles. The van der Waals surface area contributed by atoms with E-state index in [-0.39, 0.29) is 25.5 Å². The van der Waals surface area contributed by atoms with Crippen LogP contribution < -0.4 is 5.32 Å². The number of aliphatic hydroxyl groups excluding tert-OH is 1. The molecule has 1 heterocycles. The highest BCUT2D eigenvalue weighted by molar-refractivity contribution is 8.15. The van der Waals surface area contributed by atoms with E-state index in [0.717, 1.165) is 11.8 Å². The second-order valence-electron chi connectivity index (χ2n) is 3.28. The lowest BCUT2D eigenvalue weighted by Gasteiger charge is -2.20. The Morgan fingerprint density at radius 2 is 2.25 bits per heavy atom. The molecule has 0 saturated carbocycles. The third-order valence-corrected chi connectivity index (χ3v) is 3.21. The van der Waals surface area contributed by atoms with Crippen molar-refractivity contribution >= 4 is 28.8 Å². The lowest BCUT2D eigenvalue weighted by molar-refractivity contribution is -0.133. The van der Waals surface area contributed by atoms with Crippen LogP contribution in [0.25, 0.3) is 0 Å². The third kappa shape index (κ3) is 3.21. The summed E-state index contributed by atoms with van der Waals surface area (Å²) >= 11 is 0.838. The molecule has 0 radical (unpaired) electrons. The highest BCUT2D eigenvalue weighted by atomic mass is 32.2. The van der Waals surface area contributed by atoms with E-state index in [1.807, 2.05) is 0 Å². The molecule has 2 N–H and O–H groups in total. The fourth-order valence-electron chi connectivity index (χ4n) is 1.40. The zero-order valence-electron chi connectivity index (χ0n) is 8.93. The quantitative estimate of drug-likeness (QED) is 0.687. The Morgan fingerprint density at radius 1 is 1.56 bits per heavy atom. The molecule has 7 heteroatoms. The van der Waals surface area contributed by atoms with Gasteiger partial charge in [0, 0.05) is 19.5 Å². The van der Waals surface area contributed by atoms with Crippen molar-refractivity contribution in [2.45, 2.75) is 18.6 Å². The lowest BCUT2D eigenvalue weighted by Crippen LogP contribution is -2.36. The first-order chi connectivity index (χ1) is 7.58. The minimum Gasteiger partial charge on any atom is -0.395 e. The normalized spacial score (nSPS) is 19.8. The molecule has 1 aliphatic rings. The number of amides is 3. The Morgan fingerprint density at radius 3 is 2.69 bits per heavy atom. The van der Waals surface area contributed by atoms with E-state index < -0.39 is 16.4 Å². The van der Waals surface area contributed by atoms with Crippen LogP contribution in [0.2, 0.25) is 0 Å². The number of rotatable bonds is 5. The zero-order valence-corrected chi connectivity index (χ0v) is 9.75. The second-order valence-corrected chi connectivity index (χ2v) is 4.46. The number of likely N-dealkylation sites (N-methyl/N-ethyl adjacent to an activating group) is 1. The highest BCUT2D eigenvalue weighted by Crippen LogP contribution is 2.22. The Labute approximate surface area is 97.4 Å². The summed E-state index contributed by atoms with van der Waals surface area (Å²) < 4.78 is 0. The van der Waals surface area contributed by atoms with Crippen LogP contribution in [-0.4, -0.2) is 52.0 Å². The number of carbonyl (C=O) groups is 3. The number of nitrogens with zero attached hydrogens (tertiary/aromatic N) is 1. The van der Waals surface area contributed by atoms with Crippen LogP contribution in [0.4, 0.5) is 4.79 Å². The fraction of sp³-hybridized carbons (Fsp3) is 0.667. The van der Waals surface area contributed by atoms with Crippen LogP contribution in [0.3, 0.4) is 0 Å². The van der Waals surface area contributed by atoms with Crippen molar-refractivity contribution in [2.75, 3.05) is 19.7 Å². The molecule has 3 amide bonds. The molecule has 1 saturated heterocycles. The van der Waals surface area contributed by atoms with E-state index in [0.29, 0.717) is 6.54 Å². The molecule has 6 nitrogen and oxygen atoms in total. The minimum atomic E-state index is -0.632. The lowest BCUT2D eigenvalue weighted by atomic mass is 10.2. The molecule has 1 fully saturated rings. The Kier molecular flexibility index (Phi) is 4.75. The molecule has 1 unspecified atom stereocenters. The SMILES string of the molecule is CCN(CCO)C(=O)CC1SC(=O)NC1=O. The number of thioether (sulfide) groups is 1. The molecule has 1 aliphatic heterocycles. The number of carbonyl (C=O) groups excluding carboxylic acids is 3. The van der Waals surface area contributed by atoms with Crippen molar-refractivity contribution in [1.82, 2.24) is 10.2 Å². The van der Waals surface area contributed by atoms with Crippen molar-refractivity contribution in [2.24, 2.45) is 0 Å². The summed E-state index contributed by atoms with van der Waals surface area (Å²) in [5.74, 6) is -0.637. The van der Waals surface area contributed by atoms with Gasteiger partial charge in [0.1, 0.15) is 5.25 Å². The second kappa shape index (κ2) is 5.86. The van der Waals surface area contributed by atoms with Crippen LogP contribution in [-0.2, 0) is 9.59 Å². The first kappa shape index (κ1) is 13.0. The number of aliphatic hydroxyl groups is 1. The number of nitrogens with one attached hydrogen (secondary N) is 1. The summed E-state index contributed by atoms with van der Waals surface area (Å²) in [5.41, 5.74) is 0. The van der Waals surface area contributed by atoms with Gasteiger partial charge in [-0.15, -0.1) is 0 Å². The number of hydrogen-bond acceptors (Lipinski definition) is 5. The first-order valence-corrected chi connectivity index (χ1v) is 5.86. The van der Waals surface area contributed by atoms with Gasteiger partial charge in [-0.1, -0.05) is 11.8 Å². The van der Waals surface area contributed by atoms with Gasteiger partial charge < -0.3 is 10.0 Å². The predicted molar refractivity (Wildman–Crippen MR) is 58.9 cm³/mol. The van der Waals surface area contributed by atoms with E-state index in [9.17, 15) is 14.4 Å². The van der Waals surface area contributed by atoms with Crippen LogP contribution in [0.1, 0.15) is 13.3 Å². The molecule has 1 atom stereocenters. The molecule has 1 rings (SSSR count). The van der Waals surface area contributed by atoms with Gasteiger partial charge in [0.25, 0.3) is 5.24 Å². The summed E-state index contributed by atoms with van der Waals surface area (Å²) in [7, 11) is 0. The maximum Gasteiger partial charge on any atom is 0.286 e. The molecule has 0 bridgehead atoms. The highest BCUT2D eigenvalue weighted by Gasteiger charge is 2.34. The minimum absolute atomic E-state index is 0.00389. The number of hydrogen-bond donors (Lipinski definition) is 2. The molecular formula is C9H14N2O4S. The van der Waals surface area contributed by atoms with Crippen molar-refractivity contribution in [1.29, 1.82) is 0 Å². The standard InChI is InChI=1S/C9H14N2O4S/c1-2-11(3-4-12)7(13)5-6-8(14)10-9(15)16-6/h6,12H,2-5H2,1H3,(H,10,14,15). The average Bonchev–Trinajstić information content (AvgIpc) is 2.53. The smallest absolute Gasteiger partial charge is 0.286 e. The predicted octanol–water partition coefficient (Wildman–Crippen LogP) is -0.431. The molecule has 90 valence electrons. The van der Waals surface area contributed by atoms with Gasteiger partial charge in [-0.05, 0) is 6.92 Å². The summed E-state index contributed by atoms with van der Waals surface area (Å²) in [6, 6.07) is 0. The van der Waals surface area contributed by atoms with Crippen LogP contribution in [0.5, 0.6) is 0 Å². The van der Waals surface area contributed by atoms with Gasteiger partial charge in [0.05, 0.1) is 6.61 Å². The maximum absolute atomic E-state index is 11.7. The topological polar surface area (TPSA) is 86.7 Å². The fourth-order valence-corrected chi connectivity index (χ4v) is 2.21. The Hall–Kier alpha value is -1.08. The molecule has 0 aromatic rings. The zero-order chi connectivity index (χ0) is 12.1. The summed E-state index contributed by atoms with van der Waals surface area (Å²) in [6.07, 6.45) is -0.00389. The van der Waals surface area contributed by atoms with E-state index in [2.05, 4.69) is 5.32 Å². The van der Waals surface area contributed by atoms with Crippen molar-refractivity contribution in [3.05, 3.63) is 0 Å². The largest absolute Gasteiger partial charge is 0.395 e. The average molecular weight is 246 g/mol. The summed E-state index contributed by atoms with van der Waals surface area (Å²) in [4.78, 5) is 35.2. The van der Waals surface area contributed by atoms with Gasteiger partial charge >= 0.3 is 0 Å². The third-order valence-electron chi connectivity index (χ3n) is 2.23. The number of imide groups is 1. The summed E-state index contributed by atoms with van der Waals surface area (Å²) in [5, 5.41) is 9.82. The molecular weight excluding hydrogens is 232 g/mol. The molecule has 0 aromatic carbocycles. The Balaban J connectivity index is 2.50. The van der Waals surface area contributed by atoms with E-state index in [1.165, 1.54) is 4.90 Å². The molecule has 0 spiro atoms. The molecule has 0 aliphatic carbocycles. The van der Waals surface area contributed by atoms with Crippen LogP contribution in [0, 0.1) is 0 Å². The monoisotopic (exact) mass is 246 g/mol. The first-order valence-electron chi connectivity index (χ1n) is 4.98. The van der Waals surface area contributed by atoms with E-state index in [1.54, 1.807) is 6.92 Å². The van der Waals surface area contributed by atoms with Gasteiger partial charge in [0.2, 0.25) is 11.8 Å². The van der Waals surface area contributed by atoms with Gasteiger partial charge in [-0.2, -0.15) is 0 Å². The van der Waals surface area contributed by atoms with E-state index in [4.69, 9.17) is 5.11 Å². The van der Waals surface area contributed by atoms with Crippen LogP contribution in [0.15, 0.2) is 0 Å². The summed E-state index contributed by atoms with van der Waals surface area (Å²) in [6.45, 7) is 2.41. The molecule has 16 heavy (non-hydrogen) atoms. The van der Waals surface area contributed by atoms with Crippen molar-refractivity contribution in [3.8, 4) is 0 Å². The van der Waals surface area contributed by atoms with Gasteiger partial charge in [0.15, 0.2) is 0 Å². The maximum atomic E-state index is 11.7. The van der Waals surface area contributed by atoms with Crippen molar-refractivity contribution in [3.63, 3.8) is 0 Å². The van der Waals surface area contributed by atoms with Gasteiger partial charge in [-0.3, -0.25) is 19.7 Å². The van der Waals surface area contributed by atoms with Gasteiger partial charge in [-0.25, -0.2) is 0 Å².